The SMILES string of the molecule is Cc1ccc(C(=O)N[C@H](C)C(=O)N2CCCN(CCCOc3ccc(-c4noc(CC5CCCC5)n4)c(F)c3)CC2)cc1. The van der Waals surface area contributed by atoms with Crippen molar-refractivity contribution < 1.29 is 23.2 Å². The van der Waals surface area contributed by atoms with E-state index in [4.69, 9.17) is 9.26 Å². The molecule has 1 aliphatic carbocycles. The molecular formula is C33H42FN5O4. The second kappa shape index (κ2) is 14.6. The van der Waals surface area contributed by atoms with E-state index in [9.17, 15) is 14.0 Å². The standard InChI is InChI=1S/C33H42FN5O4/c1-23-9-11-26(12-10-23)32(40)35-24(2)33(41)39-17-5-15-38(18-19-39)16-6-20-42-27-13-14-28(29(34)22-27)31-36-30(43-37-31)21-25-7-3-4-8-25/h9-14,22,24-25H,3-8,15-21H2,1-2H3,(H,35,40)/t24-/m1/s1. The smallest absolute Gasteiger partial charge is 0.251 e. The molecule has 9 nitrogen and oxygen atoms in total. The third-order valence-corrected chi connectivity index (χ3v) is 8.41. The minimum absolute atomic E-state index is 0.0676. The molecule has 1 aliphatic heterocycles. The van der Waals surface area contributed by atoms with Crippen LogP contribution in [-0.2, 0) is 11.2 Å². The minimum atomic E-state index is -0.598. The van der Waals surface area contributed by atoms with Crippen molar-refractivity contribution in [3.63, 3.8) is 0 Å². The van der Waals surface area contributed by atoms with Crippen LogP contribution in [0.25, 0.3) is 11.4 Å². The topological polar surface area (TPSA) is 101 Å². The summed E-state index contributed by atoms with van der Waals surface area (Å²) in [6, 6.07) is 11.4. The Morgan fingerprint density at radius 3 is 2.63 bits per heavy atom. The predicted octanol–water partition coefficient (Wildman–Crippen LogP) is 5.04. The molecule has 0 bridgehead atoms. The van der Waals surface area contributed by atoms with E-state index in [0.717, 1.165) is 44.5 Å². The van der Waals surface area contributed by atoms with Crippen molar-refractivity contribution in [2.75, 3.05) is 39.3 Å². The molecule has 1 N–H and O–H groups in total. The largest absolute Gasteiger partial charge is 0.493 e. The summed E-state index contributed by atoms with van der Waals surface area (Å²) in [5.41, 5.74) is 1.93. The Hall–Kier alpha value is -3.79. The molecule has 1 aromatic heterocycles. The number of amides is 2. The maximum Gasteiger partial charge on any atom is 0.251 e. The van der Waals surface area contributed by atoms with Gasteiger partial charge >= 0.3 is 0 Å². The van der Waals surface area contributed by atoms with Crippen LogP contribution in [0.2, 0.25) is 0 Å². The van der Waals surface area contributed by atoms with Crippen molar-refractivity contribution in [1.29, 1.82) is 0 Å². The molecule has 2 amide bonds. The second-order valence-corrected chi connectivity index (χ2v) is 11.8. The van der Waals surface area contributed by atoms with Gasteiger partial charge in [0.05, 0.1) is 12.2 Å². The second-order valence-electron chi connectivity index (χ2n) is 11.8. The molecule has 3 aromatic rings. The first-order valence-corrected chi connectivity index (χ1v) is 15.5. The first-order valence-electron chi connectivity index (χ1n) is 15.5. The van der Waals surface area contributed by atoms with Crippen LogP contribution in [0.15, 0.2) is 47.0 Å². The fraction of sp³-hybridized carbons (Fsp3) is 0.515. The summed E-state index contributed by atoms with van der Waals surface area (Å²) in [4.78, 5) is 34.1. The minimum Gasteiger partial charge on any atom is -0.493 e. The van der Waals surface area contributed by atoms with Gasteiger partial charge in [-0.15, -0.1) is 0 Å². The number of halogens is 1. The summed E-state index contributed by atoms with van der Waals surface area (Å²) < 4.78 is 26.1. The summed E-state index contributed by atoms with van der Waals surface area (Å²) in [5, 5.41) is 6.83. The van der Waals surface area contributed by atoms with Gasteiger partial charge in [-0.3, -0.25) is 9.59 Å². The van der Waals surface area contributed by atoms with E-state index >= 15 is 0 Å². The zero-order valence-electron chi connectivity index (χ0n) is 25.2. The normalized spacial score (nSPS) is 17.0. The van der Waals surface area contributed by atoms with E-state index in [2.05, 4.69) is 20.4 Å². The Labute approximate surface area is 252 Å². The van der Waals surface area contributed by atoms with E-state index in [0.29, 0.717) is 48.4 Å². The Bertz CT molecular complexity index is 1370. The van der Waals surface area contributed by atoms with Gasteiger partial charge in [0.15, 0.2) is 0 Å². The van der Waals surface area contributed by atoms with Gasteiger partial charge in [-0.25, -0.2) is 4.39 Å². The quantitative estimate of drug-likeness (QED) is 0.312. The molecular weight excluding hydrogens is 549 g/mol. The number of hydrogen-bond acceptors (Lipinski definition) is 7. The lowest BCUT2D eigenvalue weighted by Gasteiger charge is -2.25. The van der Waals surface area contributed by atoms with Gasteiger partial charge in [0, 0.05) is 44.2 Å². The van der Waals surface area contributed by atoms with Gasteiger partial charge in [-0.2, -0.15) is 4.98 Å². The molecule has 2 heterocycles. The molecule has 230 valence electrons. The summed E-state index contributed by atoms with van der Waals surface area (Å²) in [5.74, 6) is 1.14. The van der Waals surface area contributed by atoms with Gasteiger partial charge in [0.2, 0.25) is 17.6 Å². The Morgan fingerprint density at radius 1 is 1.07 bits per heavy atom. The van der Waals surface area contributed by atoms with Crippen molar-refractivity contribution in [2.45, 2.75) is 64.8 Å². The third kappa shape index (κ3) is 8.40. The summed E-state index contributed by atoms with van der Waals surface area (Å²) in [6.45, 7) is 7.86. The monoisotopic (exact) mass is 591 g/mol. The van der Waals surface area contributed by atoms with Crippen LogP contribution < -0.4 is 10.1 Å². The third-order valence-electron chi connectivity index (χ3n) is 8.41. The molecule has 43 heavy (non-hydrogen) atoms. The molecule has 1 atom stereocenters. The molecule has 0 unspecified atom stereocenters. The van der Waals surface area contributed by atoms with Crippen molar-refractivity contribution in [1.82, 2.24) is 25.3 Å². The number of carbonyl (C=O) groups is 2. The van der Waals surface area contributed by atoms with Crippen LogP contribution >= 0.6 is 0 Å². The zero-order chi connectivity index (χ0) is 30.2. The highest BCUT2D eigenvalue weighted by atomic mass is 19.1. The fourth-order valence-corrected chi connectivity index (χ4v) is 5.89. The van der Waals surface area contributed by atoms with Crippen molar-refractivity contribution in [3.05, 3.63) is 65.3 Å². The lowest BCUT2D eigenvalue weighted by Crippen LogP contribution is -2.48. The molecule has 2 aromatic carbocycles. The van der Waals surface area contributed by atoms with E-state index in [1.807, 2.05) is 24.0 Å². The lowest BCUT2D eigenvalue weighted by molar-refractivity contribution is -0.132. The average Bonchev–Trinajstić information content (AvgIpc) is 3.63. The van der Waals surface area contributed by atoms with Crippen molar-refractivity contribution in [2.24, 2.45) is 5.92 Å². The zero-order valence-corrected chi connectivity index (χ0v) is 25.2. The number of hydrogen-bond donors (Lipinski definition) is 1. The first kappa shape index (κ1) is 30.7. The van der Waals surface area contributed by atoms with Crippen molar-refractivity contribution in [3.8, 4) is 17.1 Å². The molecule has 2 aliphatic rings. The number of aryl methyl sites for hydroxylation is 1. The Kier molecular flexibility index (Phi) is 10.4. The number of aromatic nitrogens is 2. The lowest BCUT2D eigenvalue weighted by atomic mass is 10.0. The van der Waals surface area contributed by atoms with E-state index in [1.165, 1.54) is 31.7 Å². The number of carbonyl (C=O) groups excluding carboxylic acids is 2. The number of rotatable bonds is 11. The number of nitrogens with one attached hydrogen (secondary N) is 1. The maximum absolute atomic E-state index is 14.9. The molecule has 1 saturated carbocycles. The summed E-state index contributed by atoms with van der Waals surface area (Å²) in [6.07, 6.45) is 7.25. The first-order chi connectivity index (χ1) is 20.9. The van der Waals surface area contributed by atoms with Gasteiger partial charge in [0.1, 0.15) is 17.6 Å². The van der Waals surface area contributed by atoms with Crippen LogP contribution in [0.4, 0.5) is 4.39 Å². The van der Waals surface area contributed by atoms with Gasteiger partial charge in [-0.05, 0) is 76.3 Å². The highest BCUT2D eigenvalue weighted by Crippen LogP contribution is 2.29. The fourth-order valence-electron chi connectivity index (χ4n) is 5.89. The summed E-state index contributed by atoms with van der Waals surface area (Å²) in [7, 11) is 0. The van der Waals surface area contributed by atoms with E-state index in [1.54, 1.807) is 31.2 Å². The number of nitrogens with zero attached hydrogens (tertiary/aromatic N) is 4. The van der Waals surface area contributed by atoms with Crippen LogP contribution in [0, 0.1) is 18.7 Å². The average molecular weight is 592 g/mol. The van der Waals surface area contributed by atoms with Gasteiger partial charge in [-0.1, -0.05) is 35.7 Å². The molecule has 1 saturated heterocycles. The maximum atomic E-state index is 14.9. The van der Waals surface area contributed by atoms with Crippen LogP contribution in [0.3, 0.4) is 0 Å². The number of benzene rings is 2. The van der Waals surface area contributed by atoms with E-state index < -0.39 is 11.9 Å². The summed E-state index contributed by atoms with van der Waals surface area (Å²) >= 11 is 0. The van der Waals surface area contributed by atoms with Crippen molar-refractivity contribution >= 4 is 11.8 Å². The van der Waals surface area contributed by atoms with Crippen LogP contribution in [-0.4, -0.2) is 77.1 Å². The van der Waals surface area contributed by atoms with Gasteiger partial charge < -0.3 is 24.4 Å². The number of ether oxygens (including phenoxy) is 1. The Morgan fingerprint density at radius 2 is 1.86 bits per heavy atom. The highest BCUT2D eigenvalue weighted by Gasteiger charge is 2.25. The molecule has 2 fully saturated rings. The molecule has 0 spiro atoms. The predicted molar refractivity (Wildman–Crippen MR) is 161 cm³/mol. The molecule has 10 heteroatoms. The van der Waals surface area contributed by atoms with E-state index in [-0.39, 0.29) is 17.6 Å². The molecule has 0 radical (unpaired) electrons. The van der Waals surface area contributed by atoms with Crippen LogP contribution in [0.5, 0.6) is 5.75 Å². The van der Waals surface area contributed by atoms with Gasteiger partial charge in [0.25, 0.3) is 5.91 Å². The Balaban J connectivity index is 1.02. The molecule has 5 rings (SSSR count). The highest BCUT2D eigenvalue weighted by molar-refractivity contribution is 5.97. The van der Waals surface area contributed by atoms with Crippen LogP contribution in [0.1, 0.15) is 67.3 Å².